The van der Waals surface area contributed by atoms with Crippen molar-refractivity contribution in [2.75, 3.05) is 6.61 Å². The number of carbonyl (C=O) groups is 2. The summed E-state index contributed by atoms with van der Waals surface area (Å²) < 4.78 is 32.7. The van der Waals surface area contributed by atoms with Crippen molar-refractivity contribution in [3.63, 3.8) is 0 Å². The first-order chi connectivity index (χ1) is 12.2. The molecule has 0 spiro atoms. The van der Waals surface area contributed by atoms with Crippen molar-refractivity contribution in [2.24, 2.45) is 5.92 Å². The van der Waals surface area contributed by atoms with Gasteiger partial charge in [0.2, 0.25) is 10.0 Å². The third-order valence-electron chi connectivity index (χ3n) is 3.85. The first kappa shape index (κ1) is 23.1. The van der Waals surface area contributed by atoms with Crippen LogP contribution in [-0.2, 0) is 24.3 Å². The maximum Gasteiger partial charge on any atom is 0.324 e. The molecule has 7 nitrogen and oxygen atoms in total. The Morgan fingerprint density at radius 2 is 1.70 bits per heavy atom. The molecule has 0 aliphatic rings. The normalized spacial score (nSPS) is 13.3. The van der Waals surface area contributed by atoms with Crippen LogP contribution in [-0.4, -0.2) is 38.5 Å². The standard InChI is InChI=1S/C19H30N2O5S/c1-12(2)17(18(23)26-11-16(22)20-19(5,6)7)21-27(24,25)15-9-8-13(3)14(4)10-15/h8-10,12,17,21H,11H2,1-7H3,(H,20,22)/t17-/m0/s1. The van der Waals surface area contributed by atoms with E-state index in [0.29, 0.717) is 0 Å². The van der Waals surface area contributed by atoms with Gasteiger partial charge in [-0.2, -0.15) is 4.72 Å². The number of amides is 1. The first-order valence-corrected chi connectivity index (χ1v) is 10.3. The summed E-state index contributed by atoms with van der Waals surface area (Å²) >= 11 is 0. The second-order valence-corrected chi connectivity index (χ2v) is 9.71. The minimum absolute atomic E-state index is 0.0783. The summed E-state index contributed by atoms with van der Waals surface area (Å²) in [5.41, 5.74) is 1.35. The quantitative estimate of drug-likeness (QED) is 0.685. The van der Waals surface area contributed by atoms with Gasteiger partial charge in [0.1, 0.15) is 6.04 Å². The van der Waals surface area contributed by atoms with Gasteiger partial charge in [-0.25, -0.2) is 8.42 Å². The summed E-state index contributed by atoms with van der Waals surface area (Å²) in [6.07, 6.45) is 0. The summed E-state index contributed by atoms with van der Waals surface area (Å²) in [4.78, 5) is 24.2. The predicted octanol–water partition coefficient (Wildman–Crippen LogP) is 2.06. The fraction of sp³-hybridized carbons (Fsp3) is 0.579. The molecular weight excluding hydrogens is 368 g/mol. The van der Waals surface area contributed by atoms with Gasteiger partial charge in [-0.15, -0.1) is 0 Å². The molecule has 0 radical (unpaired) electrons. The zero-order valence-corrected chi connectivity index (χ0v) is 17.9. The fourth-order valence-corrected chi connectivity index (χ4v) is 3.67. The summed E-state index contributed by atoms with van der Waals surface area (Å²) in [6, 6.07) is 3.66. The number of ether oxygens (including phenoxy) is 1. The molecule has 8 heteroatoms. The van der Waals surface area contributed by atoms with Crippen LogP contribution < -0.4 is 10.0 Å². The number of carbonyl (C=O) groups excluding carboxylic acids is 2. The zero-order chi connectivity index (χ0) is 21.0. The van der Waals surface area contributed by atoms with E-state index in [9.17, 15) is 18.0 Å². The highest BCUT2D eigenvalue weighted by atomic mass is 32.2. The van der Waals surface area contributed by atoms with Crippen LogP contribution in [0.25, 0.3) is 0 Å². The van der Waals surface area contributed by atoms with Gasteiger partial charge >= 0.3 is 5.97 Å². The number of nitrogens with one attached hydrogen (secondary N) is 2. The number of benzene rings is 1. The average Bonchev–Trinajstić information content (AvgIpc) is 2.51. The zero-order valence-electron chi connectivity index (χ0n) is 17.0. The molecule has 2 N–H and O–H groups in total. The molecular formula is C19H30N2O5S. The van der Waals surface area contributed by atoms with E-state index in [1.54, 1.807) is 46.8 Å². The summed E-state index contributed by atoms with van der Waals surface area (Å²) in [7, 11) is -3.91. The largest absolute Gasteiger partial charge is 0.454 e. The Labute approximate surface area is 161 Å². The van der Waals surface area contributed by atoms with Crippen molar-refractivity contribution in [3.8, 4) is 0 Å². The van der Waals surface area contributed by atoms with Gasteiger partial charge in [-0.1, -0.05) is 19.9 Å². The maximum atomic E-state index is 12.6. The van der Waals surface area contributed by atoms with Gasteiger partial charge in [-0.05, 0) is 63.8 Å². The molecule has 0 saturated heterocycles. The maximum absolute atomic E-state index is 12.6. The number of aryl methyl sites for hydroxylation is 2. The van der Waals surface area contributed by atoms with Crippen LogP contribution in [0.2, 0.25) is 0 Å². The Bertz CT molecular complexity index is 795. The van der Waals surface area contributed by atoms with E-state index in [2.05, 4.69) is 10.0 Å². The smallest absolute Gasteiger partial charge is 0.324 e. The Balaban J connectivity index is 2.87. The van der Waals surface area contributed by atoms with Crippen molar-refractivity contribution in [3.05, 3.63) is 29.3 Å². The highest BCUT2D eigenvalue weighted by Gasteiger charge is 2.30. The molecule has 0 saturated carbocycles. The second kappa shape index (κ2) is 8.84. The molecule has 152 valence electrons. The number of sulfonamides is 1. The minimum atomic E-state index is -3.91. The van der Waals surface area contributed by atoms with E-state index >= 15 is 0 Å². The van der Waals surface area contributed by atoms with Crippen molar-refractivity contribution in [1.82, 2.24) is 10.0 Å². The molecule has 1 rings (SSSR count). The molecule has 0 aromatic heterocycles. The van der Waals surface area contributed by atoms with Crippen LogP contribution >= 0.6 is 0 Å². The van der Waals surface area contributed by atoms with Gasteiger partial charge in [-0.3, -0.25) is 9.59 Å². The average molecular weight is 399 g/mol. The van der Waals surface area contributed by atoms with Crippen molar-refractivity contribution < 1.29 is 22.7 Å². The van der Waals surface area contributed by atoms with Crippen LogP contribution in [0.5, 0.6) is 0 Å². The Morgan fingerprint density at radius 3 is 2.19 bits per heavy atom. The lowest BCUT2D eigenvalue weighted by atomic mass is 10.1. The van der Waals surface area contributed by atoms with Crippen LogP contribution in [0.4, 0.5) is 0 Å². The van der Waals surface area contributed by atoms with E-state index < -0.39 is 40.1 Å². The number of esters is 1. The molecule has 0 heterocycles. The Kier molecular flexibility index (Phi) is 7.57. The van der Waals surface area contributed by atoms with E-state index in [4.69, 9.17) is 4.74 Å². The first-order valence-electron chi connectivity index (χ1n) is 8.80. The van der Waals surface area contributed by atoms with Gasteiger partial charge in [0.15, 0.2) is 6.61 Å². The lowest BCUT2D eigenvalue weighted by Crippen LogP contribution is -2.47. The molecule has 0 bridgehead atoms. The van der Waals surface area contributed by atoms with Crippen molar-refractivity contribution in [2.45, 2.75) is 64.9 Å². The van der Waals surface area contributed by atoms with E-state index in [-0.39, 0.29) is 10.8 Å². The molecule has 0 fully saturated rings. The topological polar surface area (TPSA) is 102 Å². The highest BCUT2D eigenvalue weighted by Crippen LogP contribution is 2.16. The van der Waals surface area contributed by atoms with E-state index in [0.717, 1.165) is 11.1 Å². The van der Waals surface area contributed by atoms with Crippen molar-refractivity contribution in [1.29, 1.82) is 0 Å². The molecule has 27 heavy (non-hydrogen) atoms. The van der Waals surface area contributed by atoms with Gasteiger partial charge in [0.25, 0.3) is 5.91 Å². The molecule has 0 aliphatic heterocycles. The monoisotopic (exact) mass is 398 g/mol. The minimum Gasteiger partial charge on any atom is -0.454 e. The van der Waals surface area contributed by atoms with Crippen LogP contribution in [0.15, 0.2) is 23.1 Å². The van der Waals surface area contributed by atoms with Crippen LogP contribution in [0, 0.1) is 19.8 Å². The molecule has 1 aromatic carbocycles. The molecule has 1 atom stereocenters. The summed E-state index contributed by atoms with van der Waals surface area (Å²) in [5, 5.41) is 2.67. The third kappa shape index (κ3) is 7.30. The lowest BCUT2D eigenvalue weighted by Gasteiger charge is -2.23. The van der Waals surface area contributed by atoms with E-state index in [1.165, 1.54) is 6.07 Å². The highest BCUT2D eigenvalue weighted by molar-refractivity contribution is 7.89. The Morgan fingerprint density at radius 1 is 1.11 bits per heavy atom. The molecule has 1 aromatic rings. The van der Waals surface area contributed by atoms with Crippen LogP contribution in [0.1, 0.15) is 45.7 Å². The molecule has 0 aliphatic carbocycles. The van der Waals surface area contributed by atoms with E-state index in [1.807, 2.05) is 13.8 Å². The number of rotatable bonds is 7. The summed E-state index contributed by atoms with van der Waals surface area (Å²) in [5.74, 6) is -1.60. The SMILES string of the molecule is Cc1ccc(S(=O)(=O)N[C@H](C(=O)OCC(=O)NC(C)(C)C)C(C)C)cc1C. The van der Waals surface area contributed by atoms with Gasteiger partial charge in [0.05, 0.1) is 4.90 Å². The molecule has 0 unspecified atom stereocenters. The van der Waals surface area contributed by atoms with Gasteiger partial charge in [0, 0.05) is 5.54 Å². The predicted molar refractivity (Wildman–Crippen MR) is 104 cm³/mol. The second-order valence-electron chi connectivity index (χ2n) is 7.99. The van der Waals surface area contributed by atoms with Crippen LogP contribution in [0.3, 0.4) is 0 Å². The number of hydrogen-bond acceptors (Lipinski definition) is 5. The number of hydrogen-bond donors (Lipinski definition) is 2. The third-order valence-corrected chi connectivity index (χ3v) is 5.29. The Hall–Kier alpha value is -1.93. The van der Waals surface area contributed by atoms with Crippen molar-refractivity contribution >= 4 is 21.9 Å². The molecule has 1 amide bonds. The summed E-state index contributed by atoms with van der Waals surface area (Å²) in [6.45, 7) is 12.1. The fourth-order valence-electron chi connectivity index (χ4n) is 2.25. The lowest BCUT2D eigenvalue weighted by molar-refractivity contribution is -0.151. The van der Waals surface area contributed by atoms with Gasteiger partial charge < -0.3 is 10.1 Å².